The Bertz CT molecular complexity index is 503. The largest absolute Gasteiger partial charge is 0.309 e. The first-order valence-electron chi connectivity index (χ1n) is 7.22. The molecule has 1 unspecified atom stereocenters. The molecule has 0 spiro atoms. The lowest BCUT2D eigenvalue weighted by Crippen LogP contribution is -2.24. The molecule has 0 saturated carbocycles. The van der Waals surface area contributed by atoms with E-state index in [0.717, 1.165) is 30.9 Å². The van der Waals surface area contributed by atoms with E-state index in [0.29, 0.717) is 6.42 Å². The van der Waals surface area contributed by atoms with Gasteiger partial charge in [0.05, 0.1) is 11.4 Å². The summed E-state index contributed by atoms with van der Waals surface area (Å²) in [5.74, 6) is 1.21. The van der Waals surface area contributed by atoms with Crippen molar-refractivity contribution in [2.75, 3.05) is 18.1 Å². The second-order valence-electron chi connectivity index (χ2n) is 4.91. The van der Waals surface area contributed by atoms with Crippen molar-refractivity contribution in [1.29, 1.82) is 0 Å². The van der Waals surface area contributed by atoms with E-state index in [1.54, 1.807) is 13.1 Å². The van der Waals surface area contributed by atoms with E-state index in [9.17, 15) is 8.42 Å². The standard InChI is InChI=1S/C14H25N3O2S/c1-4-9-16-13(7-6-11-20(18,19)5-2)14-8-10-15-12(3)17-14/h8,10,13,16H,4-7,9,11H2,1-3H3. The van der Waals surface area contributed by atoms with Crippen LogP contribution in [0.15, 0.2) is 12.3 Å². The van der Waals surface area contributed by atoms with E-state index in [1.807, 2.05) is 13.0 Å². The first-order valence-corrected chi connectivity index (χ1v) is 9.04. The fourth-order valence-electron chi connectivity index (χ4n) is 1.99. The van der Waals surface area contributed by atoms with E-state index in [-0.39, 0.29) is 17.5 Å². The topological polar surface area (TPSA) is 72.0 Å². The Balaban J connectivity index is 2.65. The quantitative estimate of drug-likeness (QED) is 0.755. The highest BCUT2D eigenvalue weighted by Gasteiger charge is 2.14. The van der Waals surface area contributed by atoms with Gasteiger partial charge in [-0.25, -0.2) is 18.4 Å². The summed E-state index contributed by atoms with van der Waals surface area (Å²) in [6.45, 7) is 6.56. The third kappa shape index (κ3) is 5.96. The lowest BCUT2D eigenvalue weighted by molar-refractivity contribution is 0.480. The highest BCUT2D eigenvalue weighted by molar-refractivity contribution is 7.91. The summed E-state index contributed by atoms with van der Waals surface area (Å²) in [6, 6.07) is 2.00. The van der Waals surface area contributed by atoms with Crippen LogP contribution in [-0.2, 0) is 9.84 Å². The molecule has 20 heavy (non-hydrogen) atoms. The third-order valence-corrected chi connectivity index (χ3v) is 4.97. The van der Waals surface area contributed by atoms with Crippen LogP contribution in [0.25, 0.3) is 0 Å². The van der Waals surface area contributed by atoms with Crippen molar-refractivity contribution < 1.29 is 8.42 Å². The van der Waals surface area contributed by atoms with Gasteiger partial charge in [0, 0.05) is 18.0 Å². The summed E-state index contributed by atoms with van der Waals surface area (Å²) in [5.41, 5.74) is 0.944. The van der Waals surface area contributed by atoms with Crippen LogP contribution in [0.1, 0.15) is 50.7 Å². The van der Waals surface area contributed by atoms with Gasteiger partial charge in [0.2, 0.25) is 0 Å². The first-order chi connectivity index (χ1) is 9.48. The zero-order chi connectivity index (χ0) is 15.0. The molecule has 1 rings (SSSR count). The van der Waals surface area contributed by atoms with Crippen LogP contribution < -0.4 is 5.32 Å². The zero-order valence-electron chi connectivity index (χ0n) is 12.6. The Labute approximate surface area is 122 Å². The van der Waals surface area contributed by atoms with Gasteiger partial charge in [-0.05, 0) is 38.8 Å². The van der Waals surface area contributed by atoms with Crippen LogP contribution in [-0.4, -0.2) is 36.4 Å². The molecule has 6 heteroatoms. The van der Waals surface area contributed by atoms with Crippen molar-refractivity contribution in [2.24, 2.45) is 0 Å². The number of nitrogens with zero attached hydrogens (tertiary/aromatic N) is 2. The van der Waals surface area contributed by atoms with Gasteiger partial charge in [-0.2, -0.15) is 0 Å². The summed E-state index contributed by atoms with van der Waals surface area (Å²) in [5, 5.41) is 3.43. The average Bonchev–Trinajstić information content (AvgIpc) is 2.42. The number of rotatable bonds is 9. The molecule has 114 valence electrons. The molecule has 1 heterocycles. The molecule has 0 saturated heterocycles. The molecule has 0 aliphatic carbocycles. The summed E-state index contributed by atoms with van der Waals surface area (Å²) < 4.78 is 23.1. The SMILES string of the molecule is CCCNC(CCCS(=O)(=O)CC)c1ccnc(C)n1. The maximum Gasteiger partial charge on any atom is 0.150 e. The maximum atomic E-state index is 11.5. The highest BCUT2D eigenvalue weighted by atomic mass is 32.2. The minimum Gasteiger partial charge on any atom is -0.309 e. The van der Waals surface area contributed by atoms with E-state index >= 15 is 0 Å². The predicted octanol–water partition coefficient (Wildman–Crippen LogP) is 2.04. The summed E-state index contributed by atoms with van der Waals surface area (Å²) in [7, 11) is -2.89. The van der Waals surface area contributed by atoms with Crippen LogP contribution in [0, 0.1) is 6.92 Å². The maximum absolute atomic E-state index is 11.5. The number of aryl methyl sites for hydroxylation is 1. The molecule has 1 N–H and O–H groups in total. The normalized spacial score (nSPS) is 13.3. The van der Waals surface area contributed by atoms with Crippen LogP contribution in [0.3, 0.4) is 0 Å². The van der Waals surface area contributed by atoms with Gasteiger partial charge in [0.15, 0.2) is 0 Å². The van der Waals surface area contributed by atoms with Crippen molar-refractivity contribution in [3.8, 4) is 0 Å². The zero-order valence-corrected chi connectivity index (χ0v) is 13.4. The van der Waals surface area contributed by atoms with E-state index in [1.165, 1.54) is 0 Å². The average molecular weight is 299 g/mol. The van der Waals surface area contributed by atoms with Gasteiger partial charge in [-0.15, -0.1) is 0 Å². The molecule has 0 aromatic carbocycles. The Morgan fingerprint density at radius 3 is 2.70 bits per heavy atom. The van der Waals surface area contributed by atoms with E-state index in [2.05, 4.69) is 22.2 Å². The van der Waals surface area contributed by atoms with Gasteiger partial charge in [0.25, 0.3) is 0 Å². The van der Waals surface area contributed by atoms with Crippen molar-refractivity contribution >= 4 is 9.84 Å². The monoisotopic (exact) mass is 299 g/mol. The molecule has 0 bridgehead atoms. The Morgan fingerprint density at radius 1 is 1.35 bits per heavy atom. The molecule has 1 aromatic heterocycles. The molecular formula is C14H25N3O2S. The highest BCUT2D eigenvalue weighted by Crippen LogP contribution is 2.17. The van der Waals surface area contributed by atoms with Gasteiger partial charge in [0.1, 0.15) is 15.7 Å². The molecule has 5 nitrogen and oxygen atoms in total. The lowest BCUT2D eigenvalue weighted by atomic mass is 10.1. The Hall–Kier alpha value is -1.01. The van der Waals surface area contributed by atoms with Gasteiger partial charge >= 0.3 is 0 Å². The predicted molar refractivity (Wildman–Crippen MR) is 81.4 cm³/mol. The number of hydrogen-bond acceptors (Lipinski definition) is 5. The molecule has 1 atom stereocenters. The summed E-state index contributed by atoms with van der Waals surface area (Å²) >= 11 is 0. The minimum absolute atomic E-state index is 0.101. The summed E-state index contributed by atoms with van der Waals surface area (Å²) in [6.07, 6.45) is 4.21. The first kappa shape index (κ1) is 17.0. The Morgan fingerprint density at radius 2 is 2.10 bits per heavy atom. The second-order valence-corrected chi connectivity index (χ2v) is 7.39. The van der Waals surface area contributed by atoms with Gasteiger partial charge in [-0.3, -0.25) is 0 Å². The van der Waals surface area contributed by atoms with Crippen LogP contribution in [0.4, 0.5) is 0 Å². The lowest BCUT2D eigenvalue weighted by Gasteiger charge is -2.18. The van der Waals surface area contributed by atoms with Crippen LogP contribution in [0.2, 0.25) is 0 Å². The fourth-order valence-corrected chi connectivity index (χ4v) is 2.89. The molecular weight excluding hydrogens is 274 g/mol. The number of aromatic nitrogens is 2. The van der Waals surface area contributed by atoms with Crippen molar-refractivity contribution in [2.45, 2.75) is 46.1 Å². The number of sulfone groups is 1. The minimum atomic E-state index is -2.89. The smallest absolute Gasteiger partial charge is 0.150 e. The molecule has 0 fully saturated rings. The second kappa shape index (κ2) is 8.32. The number of nitrogens with one attached hydrogen (secondary N) is 1. The Kier molecular flexibility index (Phi) is 7.09. The number of hydrogen-bond donors (Lipinski definition) is 1. The molecule has 0 amide bonds. The van der Waals surface area contributed by atoms with Gasteiger partial charge in [-0.1, -0.05) is 13.8 Å². The van der Waals surface area contributed by atoms with Crippen LogP contribution >= 0.6 is 0 Å². The van der Waals surface area contributed by atoms with E-state index < -0.39 is 9.84 Å². The molecule has 0 aliphatic rings. The van der Waals surface area contributed by atoms with E-state index in [4.69, 9.17) is 0 Å². The molecule has 0 radical (unpaired) electrons. The van der Waals surface area contributed by atoms with Gasteiger partial charge < -0.3 is 5.32 Å². The molecule has 1 aromatic rings. The van der Waals surface area contributed by atoms with Crippen molar-refractivity contribution in [3.05, 3.63) is 23.8 Å². The third-order valence-electron chi connectivity index (χ3n) is 3.18. The van der Waals surface area contributed by atoms with Crippen LogP contribution in [0.5, 0.6) is 0 Å². The van der Waals surface area contributed by atoms with Crippen molar-refractivity contribution in [1.82, 2.24) is 15.3 Å². The summed E-state index contributed by atoms with van der Waals surface area (Å²) in [4.78, 5) is 8.54. The molecule has 0 aliphatic heterocycles. The fraction of sp³-hybridized carbons (Fsp3) is 0.714. The van der Waals surface area contributed by atoms with Crippen molar-refractivity contribution in [3.63, 3.8) is 0 Å².